The van der Waals surface area contributed by atoms with Gasteiger partial charge in [-0.1, -0.05) is 38.5 Å². The van der Waals surface area contributed by atoms with Gasteiger partial charge in [0.1, 0.15) is 5.01 Å². The number of nitrogens with zero attached hydrogens (tertiary/aromatic N) is 3. The molecule has 1 rings (SSSR count). The van der Waals surface area contributed by atoms with E-state index in [2.05, 4.69) is 36.3 Å². The molecule has 0 saturated carbocycles. The van der Waals surface area contributed by atoms with Crippen LogP contribution in [0, 0.1) is 0 Å². The summed E-state index contributed by atoms with van der Waals surface area (Å²) in [5.41, 5.74) is 0.0213. The lowest BCUT2D eigenvalue weighted by molar-refractivity contribution is 0.230. The van der Waals surface area contributed by atoms with Crippen LogP contribution in [-0.4, -0.2) is 35.2 Å². The second-order valence-corrected chi connectivity index (χ2v) is 5.85. The van der Waals surface area contributed by atoms with Gasteiger partial charge in [-0.15, -0.1) is 10.2 Å². The lowest BCUT2D eigenvalue weighted by Gasteiger charge is -2.19. The average molecular weight is 256 g/mol. The lowest BCUT2D eigenvalue weighted by atomic mass is 9.89. The van der Waals surface area contributed by atoms with Crippen molar-refractivity contribution in [2.45, 2.75) is 39.0 Å². The van der Waals surface area contributed by atoms with E-state index in [0.717, 1.165) is 17.8 Å². The summed E-state index contributed by atoms with van der Waals surface area (Å²) in [5.74, 6) is 0. The molecule has 6 heteroatoms. The maximum Gasteiger partial charge on any atom is 0.323 e. The number of carbonyl (C=O) groups is 1. The fraction of sp³-hybridized carbons (Fsp3) is 0.727. The van der Waals surface area contributed by atoms with Crippen molar-refractivity contribution in [3.8, 4) is 0 Å². The van der Waals surface area contributed by atoms with Crippen LogP contribution < -0.4 is 5.32 Å². The van der Waals surface area contributed by atoms with Gasteiger partial charge < -0.3 is 4.90 Å². The largest absolute Gasteiger partial charge is 0.331 e. The van der Waals surface area contributed by atoms with Gasteiger partial charge in [-0.25, -0.2) is 4.79 Å². The molecule has 0 atom stereocenters. The summed E-state index contributed by atoms with van der Waals surface area (Å²) in [6.45, 7) is 6.45. The number of anilines is 1. The monoisotopic (exact) mass is 256 g/mol. The average Bonchev–Trinajstić information content (AvgIpc) is 2.66. The van der Waals surface area contributed by atoms with Crippen molar-refractivity contribution in [1.82, 2.24) is 15.1 Å². The lowest BCUT2D eigenvalue weighted by Crippen LogP contribution is -2.27. The third kappa shape index (κ3) is 3.66. The van der Waals surface area contributed by atoms with Crippen molar-refractivity contribution < 1.29 is 4.79 Å². The number of hydrogen-bond acceptors (Lipinski definition) is 4. The molecule has 0 radical (unpaired) electrons. The molecular weight excluding hydrogens is 236 g/mol. The Morgan fingerprint density at radius 1 is 1.41 bits per heavy atom. The Balaban J connectivity index is 2.75. The van der Waals surface area contributed by atoms with Crippen molar-refractivity contribution in [3.63, 3.8) is 0 Å². The summed E-state index contributed by atoms with van der Waals surface area (Å²) < 4.78 is 0. The van der Waals surface area contributed by atoms with E-state index >= 15 is 0 Å². The summed E-state index contributed by atoms with van der Waals surface area (Å²) in [4.78, 5) is 12.9. The van der Waals surface area contributed by atoms with Gasteiger partial charge in [0.05, 0.1) is 0 Å². The molecule has 0 saturated heterocycles. The van der Waals surface area contributed by atoms with Gasteiger partial charge in [-0.3, -0.25) is 5.32 Å². The van der Waals surface area contributed by atoms with Gasteiger partial charge in [-0.2, -0.15) is 0 Å². The molecule has 17 heavy (non-hydrogen) atoms. The van der Waals surface area contributed by atoms with Crippen LogP contribution in [0.5, 0.6) is 0 Å². The second kappa shape index (κ2) is 5.44. The van der Waals surface area contributed by atoms with Gasteiger partial charge in [0.25, 0.3) is 0 Å². The molecule has 5 nitrogen and oxygen atoms in total. The second-order valence-electron chi connectivity index (χ2n) is 4.87. The Labute approximate surface area is 106 Å². The first-order chi connectivity index (χ1) is 7.86. The predicted molar refractivity (Wildman–Crippen MR) is 70.5 cm³/mol. The fourth-order valence-electron chi connectivity index (χ4n) is 1.48. The first kappa shape index (κ1) is 13.9. The van der Waals surface area contributed by atoms with Crippen molar-refractivity contribution in [3.05, 3.63) is 5.01 Å². The highest BCUT2D eigenvalue weighted by Crippen LogP contribution is 2.32. The molecule has 0 aliphatic carbocycles. The van der Waals surface area contributed by atoms with E-state index in [1.807, 2.05) is 0 Å². The van der Waals surface area contributed by atoms with Crippen LogP contribution in [0.25, 0.3) is 0 Å². The fourth-order valence-corrected chi connectivity index (χ4v) is 2.35. The number of nitrogens with one attached hydrogen (secondary N) is 1. The van der Waals surface area contributed by atoms with E-state index < -0.39 is 0 Å². The van der Waals surface area contributed by atoms with Gasteiger partial charge in [0.2, 0.25) is 5.13 Å². The third-order valence-electron chi connectivity index (χ3n) is 2.50. The molecule has 0 aliphatic rings. The molecule has 0 unspecified atom stereocenters. The summed E-state index contributed by atoms with van der Waals surface area (Å²) in [6.07, 6.45) is 2.16. The molecular formula is C11H20N4OS. The highest BCUT2D eigenvalue weighted by atomic mass is 32.1. The quantitative estimate of drug-likeness (QED) is 0.901. The highest BCUT2D eigenvalue weighted by molar-refractivity contribution is 7.15. The van der Waals surface area contributed by atoms with Crippen LogP contribution in [0.15, 0.2) is 0 Å². The number of urea groups is 1. The van der Waals surface area contributed by atoms with Crippen molar-refractivity contribution in [1.29, 1.82) is 0 Å². The van der Waals surface area contributed by atoms with Crippen molar-refractivity contribution in [2.24, 2.45) is 0 Å². The van der Waals surface area contributed by atoms with Crippen LogP contribution >= 0.6 is 11.3 Å². The maximum atomic E-state index is 11.5. The molecule has 0 aromatic carbocycles. The number of rotatable bonds is 4. The zero-order valence-corrected chi connectivity index (χ0v) is 11.9. The zero-order chi connectivity index (χ0) is 13.1. The highest BCUT2D eigenvalue weighted by Gasteiger charge is 2.24. The molecule has 1 aromatic rings. The molecule has 2 amide bonds. The van der Waals surface area contributed by atoms with Crippen LogP contribution in [-0.2, 0) is 5.41 Å². The van der Waals surface area contributed by atoms with E-state index in [4.69, 9.17) is 0 Å². The first-order valence-corrected chi connectivity index (χ1v) is 6.50. The molecule has 0 bridgehead atoms. The van der Waals surface area contributed by atoms with Crippen LogP contribution in [0.4, 0.5) is 9.93 Å². The van der Waals surface area contributed by atoms with E-state index in [1.54, 1.807) is 14.1 Å². The van der Waals surface area contributed by atoms with Gasteiger partial charge in [0, 0.05) is 19.5 Å². The molecule has 1 N–H and O–H groups in total. The van der Waals surface area contributed by atoms with Crippen LogP contribution in [0.1, 0.15) is 38.6 Å². The van der Waals surface area contributed by atoms with Gasteiger partial charge in [-0.05, 0) is 6.42 Å². The van der Waals surface area contributed by atoms with Crippen LogP contribution in [0.2, 0.25) is 0 Å². The van der Waals surface area contributed by atoms with Crippen LogP contribution in [0.3, 0.4) is 0 Å². The summed E-state index contributed by atoms with van der Waals surface area (Å²) in [5, 5.41) is 12.4. The summed E-state index contributed by atoms with van der Waals surface area (Å²) in [7, 11) is 3.39. The molecule has 0 fully saturated rings. The number of amides is 2. The SMILES string of the molecule is CCCC(C)(C)c1nnc(NC(=O)N(C)C)s1. The minimum absolute atomic E-state index is 0.0213. The Kier molecular flexibility index (Phi) is 4.45. The Bertz CT molecular complexity index is 387. The van der Waals surface area contributed by atoms with Crippen molar-refractivity contribution in [2.75, 3.05) is 19.4 Å². The molecule has 1 aromatic heterocycles. The summed E-state index contributed by atoms with van der Waals surface area (Å²) in [6, 6.07) is -0.180. The molecule has 0 aliphatic heterocycles. The number of aromatic nitrogens is 2. The third-order valence-corrected chi connectivity index (χ3v) is 3.70. The molecule has 1 heterocycles. The molecule has 0 spiro atoms. The first-order valence-electron chi connectivity index (χ1n) is 5.69. The maximum absolute atomic E-state index is 11.5. The normalized spacial score (nSPS) is 11.4. The minimum atomic E-state index is -0.180. The smallest absolute Gasteiger partial charge is 0.323 e. The van der Waals surface area contributed by atoms with Gasteiger partial charge in [0.15, 0.2) is 0 Å². The molecule has 96 valence electrons. The van der Waals surface area contributed by atoms with Gasteiger partial charge >= 0.3 is 6.03 Å². The zero-order valence-electron chi connectivity index (χ0n) is 11.1. The number of hydrogen-bond donors (Lipinski definition) is 1. The Hall–Kier alpha value is -1.17. The van der Waals surface area contributed by atoms with E-state index in [-0.39, 0.29) is 11.4 Å². The van der Waals surface area contributed by atoms with Crippen molar-refractivity contribution >= 4 is 22.5 Å². The Morgan fingerprint density at radius 3 is 2.59 bits per heavy atom. The Morgan fingerprint density at radius 2 is 2.06 bits per heavy atom. The van der Waals surface area contributed by atoms with E-state index in [0.29, 0.717) is 5.13 Å². The predicted octanol–water partition coefficient (Wildman–Crippen LogP) is 2.71. The van der Waals surface area contributed by atoms with E-state index in [1.165, 1.54) is 16.2 Å². The van der Waals surface area contributed by atoms with E-state index in [9.17, 15) is 4.79 Å². The minimum Gasteiger partial charge on any atom is -0.331 e. The topological polar surface area (TPSA) is 58.1 Å². The summed E-state index contributed by atoms with van der Waals surface area (Å²) >= 11 is 1.44. The number of carbonyl (C=O) groups excluding carboxylic acids is 1. The standard InChI is InChI=1S/C11H20N4OS/c1-6-7-11(2,3)8-13-14-9(17-8)12-10(16)15(4)5/h6-7H2,1-5H3,(H,12,14,16).